The number of aliphatic hydroxyl groups excluding tert-OH is 1. The van der Waals surface area contributed by atoms with Crippen LogP contribution in [0.4, 0.5) is 0 Å². The number of hydrogen-bond acceptors (Lipinski definition) is 5. The molecule has 0 aromatic carbocycles. The Bertz CT molecular complexity index is 720. The fourth-order valence-corrected chi connectivity index (χ4v) is 2.16. The minimum absolute atomic E-state index is 0.0810. The smallest absolute Gasteiger partial charge is 0.141 e. The van der Waals surface area contributed by atoms with Crippen LogP contribution in [0.25, 0.3) is 11.0 Å². The van der Waals surface area contributed by atoms with Crippen LogP contribution >= 0.6 is 0 Å². The van der Waals surface area contributed by atoms with Gasteiger partial charge in [0.25, 0.3) is 0 Å². The summed E-state index contributed by atoms with van der Waals surface area (Å²) in [6.45, 7) is 1.81. The molecule has 0 atom stereocenters. The molecule has 3 heterocycles. The summed E-state index contributed by atoms with van der Waals surface area (Å²) < 4.78 is 0. The molecule has 0 unspecified atom stereocenters. The van der Waals surface area contributed by atoms with Crippen molar-refractivity contribution in [3.05, 3.63) is 47.6 Å². The molecular weight excluding hydrogens is 254 g/mol. The molecule has 3 aromatic rings. The van der Waals surface area contributed by atoms with Crippen molar-refractivity contribution >= 4 is 11.0 Å². The minimum Gasteiger partial charge on any atom is -0.390 e. The van der Waals surface area contributed by atoms with E-state index in [-0.39, 0.29) is 6.61 Å². The van der Waals surface area contributed by atoms with Gasteiger partial charge in [0.1, 0.15) is 11.5 Å². The first kappa shape index (κ1) is 12.7. The number of aromatic amines is 1. The summed E-state index contributed by atoms with van der Waals surface area (Å²) in [7, 11) is 0. The van der Waals surface area contributed by atoms with Crippen molar-refractivity contribution in [3.8, 4) is 0 Å². The first-order valence-corrected chi connectivity index (χ1v) is 6.47. The molecule has 0 amide bonds. The molecule has 102 valence electrons. The fourth-order valence-electron chi connectivity index (χ4n) is 2.16. The summed E-state index contributed by atoms with van der Waals surface area (Å²) >= 11 is 0. The van der Waals surface area contributed by atoms with E-state index in [1.807, 2.05) is 19.2 Å². The Labute approximate surface area is 116 Å². The van der Waals surface area contributed by atoms with E-state index in [1.54, 1.807) is 12.4 Å². The number of H-pyrrole nitrogens is 1. The second-order valence-corrected chi connectivity index (χ2v) is 4.61. The molecule has 0 bridgehead atoms. The van der Waals surface area contributed by atoms with Gasteiger partial charge in [-0.3, -0.25) is 9.97 Å². The van der Waals surface area contributed by atoms with Crippen LogP contribution in [0.15, 0.2) is 24.7 Å². The molecule has 3 rings (SSSR count). The lowest BCUT2D eigenvalue weighted by atomic mass is 10.1. The minimum atomic E-state index is -0.0810. The fraction of sp³-hybridized carbons (Fsp3) is 0.286. The van der Waals surface area contributed by atoms with Gasteiger partial charge in [0.15, 0.2) is 0 Å². The second-order valence-electron chi connectivity index (χ2n) is 4.61. The lowest BCUT2D eigenvalue weighted by Crippen LogP contribution is -2.02. The summed E-state index contributed by atoms with van der Waals surface area (Å²) in [6.07, 6.45) is 6.72. The van der Waals surface area contributed by atoms with Crippen molar-refractivity contribution in [1.82, 2.24) is 24.9 Å². The van der Waals surface area contributed by atoms with Gasteiger partial charge in [0.2, 0.25) is 0 Å². The number of fused-ring (bicyclic) bond motifs is 1. The van der Waals surface area contributed by atoms with Crippen molar-refractivity contribution in [2.24, 2.45) is 0 Å². The predicted octanol–water partition coefficient (Wildman–Crippen LogP) is 1.33. The van der Waals surface area contributed by atoms with Gasteiger partial charge in [-0.1, -0.05) is 0 Å². The molecule has 0 saturated heterocycles. The van der Waals surface area contributed by atoms with Crippen molar-refractivity contribution in [2.45, 2.75) is 26.4 Å². The third-order valence-corrected chi connectivity index (χ3v) is 3.15. The van der Waals surface area contributed by atoms with Gasteiger partial charge >= 0.3 is 0 Å². The largest absolute Gasteiger partial charge is 0.390 e. The van der Waals surface area contributed by atoms with E-state index >= 15 is 0 Å². The van der Waals surface area contributed by atoms with Crippen LogP contribution in [0.2, 0.25) is 0 Å². The normalized spacial score (nSPS) is 11.1. The van der Waals surface area contributed by atoms with Crippen LogP contribution in [0.1, 0.15) is 22.9 Å². The number of aromatic nitrogens is 5. The standard InChI is InChI=1S/C14H15N5O/c1-9-18-13(12-4-5-15-14(12)19-9)3-2-10-6-17-11(8-20)7-16-10/h4-7,20H,2-3,8H2,1H3,(H,15,18,19). The SMILES string of the molecule is Cc1nc(CCc2cnc(CO)cn2)c2cc[nH]c2n1. The van der Waals surface area contributed by atoms with Crippen LogP contribution in [0.5, 0.6) is 0 Å². The summed E-state index contributed by atoms with van der Waals surface area (Å²) in [6, 6.07) is 1.99. The summed E-state index contributed by atoms with van der Waals surface area (Å²) in [5, 5.41) is 9.99. The van der Waals surface area contributed by atoms with E-state index in [0.717, 1.165) is 41.1 Å². The molecule has 6 heteroatoms. The summed E-state index contributed by atoms with van der Waals surface area (Å²) in [4.78, 5) is 20.4. The van der Waals surface area contributed by atoms with Gasteiger partial charge < -0.3 is 10.1 Å². The molecule has 0 radical (unpaired) electrons. The molecule has 0 aliphatic carbocycles. The molecule has 0 aliphatic heterocycles. The van der Waals surface area contributed by atoms with Gasteiger partial charge in [-0.05, 0) is 25.8 Å². The summed E-state index contributed by atoms with van der Waals surface area (Å²) in [5.41, 5.74) is 3.36. The van der Waals surface area contributed by atoms with Crippen LogP contribution in [-0.4, -0.2) is 30.0 Å². The molecule has 0 fully saturated rings. The van der Waals surface area contributed by atoms with Crippen molar-refractivity contribution in [3.63, 3.8) is 0 Å². The zero-order valence-corrected chi connectivity index (χ0v) is 11.2. The predicted molar refractivity (Wildman–Crippen MR) is 74.0 cm³/mol. The van der Waals surface area contributed by atoms with E-state index in [9.17, 15) is 0 Å². The van der Waals surface area contributed by atoms with Crippen LogP contribution < -0.4 is 0 Å². The second kappa shape index (κ2) is 5.34. The third kappa shape index (κ3) is 2.50. The Morgan fingerprint density at radius 3 is 2.65 bits per heavy atom. The topological polar surface area (TPSA) is 87.6 Å². The first-order valence-electron chi connectivity index (χ1n) is 6.47. The molecule has 0 aliphatic rings. The van der Waals surface area contributed by atoms with Gasteiger partial charge in [-0.25, -0.2) is 9.97 Å². The maximum absolute atomic E-state index is 8.94. The van der Waals surface area contributed by atoms with E-state index < -0.39 is 0 Å². The highest BCUT2D eigenvalue weighted by molar-refractivity contribution is 5.77. The maximum Gasteiger partial charge on any atom is 0.141 e. The summed E-state index contributed by atoms with van der Waals surface area (Å²) in [5.74, 6) is 0.761. The highest BCUT2D eigenvalue weighted by atomic mass is 16.3. The highest BCUT2D eigenvalue weighted by Crippen LogP contribution is 2.16. The number of rotatable bonds is 4. The number of aryl methyl sites for hydroxylation is 3. The van der Waals surface area contributed by atoms with Crippen LogP contribution in [0, 0.1) is 6.92 Å². The van der Waals surface area contributed by atoms with Gasteiger partial charge in [-0.15, -0.1) is 0 Å². The first-order chi connectivity index (χ1) is 9.76. The highest BCUT2D eigenvalue weighted by Gasteiger charge is 2.07. The lowest BCUT2D eigenvalue weighted by Gasteiger charge is -2.04. The van der Waals surface area contributed by atoms with E-state index in [4.69, 9.17) is 5.11 Å². The Balaban J connectivity index is 1.80. The molecular formula is C14H15N5O. The molecule has 2 N–H and O–H groups in total. The van der Waals surface area contributed by atoms with Gasteiger partial charge in [-0.2, -0.15) is 0 Å². The maximum atomic E-state index is 8.94. The monoisotopic (exact) mass is 269 g/mol. The zero-order valence-electron chi connectivity index (χ0n) is 11.2. The molecule has 3 aromatic heterocycles. The van der Waals surface area contributed by atoms with Gasteiger partial charge in [0.05, 0.1) is 29.9 Å². The number of hydrogen-bond donors (Lipinski definition) is 2. The zero-order chi connectivity index (χ0) is 13.9. The number of aliphatic hydroxyl groups is 1. The van der Waals surface area contributed by atoms with E-state index in [0.29, 0.717) is 5.69 Å². The average Bonchev–Trinajstić information content (AvgIpc) is 2.93. The van der Waals surface area contributed by atoms with Crippen molar-refractivity contribution < 1.29 is 5.11 Å². The van der Waals surface area contributed by atoms with Crippen molar-refractivity contribution in [1.29, 1.82) is 0 Å². The number of nitrogens with one attached hydrogen (secondary N) is 1. The Kier molecular flexibility index (Phi) is 3.39. The van der Waals surface area contributed by atoms with Crippen molar-refractivity contribution in [2.75, 3.05) is 0 Å². The number of nitrogens with zero attached hydrogens (tertiary/aromatic N) is 4. The lowest BCUT2D eigenvalue weighted by molar-refractivity contribution is 0.276. The Hall–Kier alpha value is -2.34. The molecule has 0 saturated carbocycles. The van der Waals surface area contributed by atoms with Crippen LogP contribution in [0.3, 0.4) is 0 Å². The van der Waals surface area contributed by atoms with E-state index in [2.05, 4.69) is 24.9 Å². The molecule has 0 spiro atoms. The quantitative estimate of drug-likeness (QED) is 0.746. The van der Waals surface area contributed by atoms with E-state index in [1.165, 1.54) is 0 Å². The Morgan fingerprint density at radius 2 is 1.90 bits per heavy atom. The molecule has 20 heavy (non-hydrogen) atoms. The van der Waals surface area contributed by atoms with Gasteiger partial charge in [0, 0.05) is 17.8 Å². The average molecular weight is 269 g/mol. The third-order valence-electron chi connectivity index (χ3n) is 3.15. The molecule has 6 nitrogen and oxygen atoms in total. The Morgan fingerprint density at radius 1 is 1.10 bits per heavy atom. The van der Waals surface area contributed by atoms with Crippen LogP contribution in [-0.2, 0) is 19.4 Å².